The van der Waals surface area contributed by atoms with Crippen LogP contribution in [-0.4, -0.2) is 10.1 Å². The van der Waals surface area contributed by atoms with Gasteiger partial charge in [-0.15, -0.1) is 0 Å². The molecule has 0 aliphatic carbocycles. The van der Waals surface area contributed by atoms with Crippen LogP contribution < -0.4 is 0 Å². The molecule has 5 heteroatoms. The molecular formula is C14H9F2NO2. The number of aliphatic hydroxyl groups is 1. The van der Waals surface area contributed by atoms with Crippen LogP contribution >= 0.6 is 0 Å². The topological polar surface area (TPSA) is 46.3 Å². The smallest absolute Gasteiger partial charge is 0.153 e. The minimum absolute atomic E-state index is 0.236. The van der Waals surface area contributed by atoms with E-state index >= 15 is 0 Å². The maximum absolute atomic E-state index is 13.1. The van der Waals surface area contributed by atoms with E-state index in [-0.39, 0.29) is 17.3 Å². The second-order valence-corrected chi connectivity index (χ2v) is 4.13. The van der Waals surface area contributed by atoms with E-state index in [0.717, 1.165) is 6.20 Å². The molecule has 0 amide bonds. The average Bonchev–Trinajstić information content (AvgIpc) is 2.81. The van der Waals surface area contributed by atoms with Crippen molar-refractivity contribution in [3.8, 4) is 0 Å². The summed E-state index contributed by atoms with van der Waals surface area (Å²) < 4.78 is 31.2. The molecule has 3 nitrogen and oxygen atoms in total. The molecule has 0 radical (unpaired) electrons. The zero-order chi connectivity index (χ0) is 13.4. The van der Waals surface area contributed by atoms with E-state index in [1.807, 2.05) is 0 Å². The Morgan fingerprint density at radius 1 is 1.05 bits per heavy atom. The van der Waals surface area contributed by atoms with Gasteiger partial charge < -0.3 is 9.52 Å². The van der Waals surface area contributed by atoms with Crippen LogP contribution in [0.4, 0.5) is 8.78 Å². The monoisotopic (exact) mass is 261 g/mol. The first-order valence-electron chi connectivity index (χ1n) is 5.62. The Kier molecular flexibility index (Phi) is 2.76. The lowest BCUT2D eigenvalue weighted by Gasteiger charge is -2.06. The summed E-state index contributed by atoms with van der Waals surface area (Å²) >= 11 is 0. The molecule has 96 valence electrons. The highest BCUT2D eigenvalue weighted by atomic mass is 19.1. The molecule has 0 saturated heterocycles. The molecule has 0 saturated carbocycles. The number of hydrogen-bond acceptors (Lipinski definition) is 3. The minimum Gasteiger partial charge on any atom is -0.458 e. The van der Waals surface area contributed by atoms with E-state index in [4.69, 9.17) is 4.42 Å². The number of rotatable bonds is 2. The predicted octanol–water partition coefficient (Wildman–Crippen LogP) is 3.19. The number of benzene rings is 1. The van der Waals surface area contributed by atoms with Crippen LogP contribution in [0.3, 0.4) is 0 Å². The van der Waals surface area contributed by atoms with E-state index in [1.54, 1.807) is 0 Å². The van der Waals surface area contributed by atoms with Gasteiger partial charge >= 0.3 is 0 Å². The summed E-state index contributed by atoms with van der Waals surface area (Å²) in [5, 5.41) is 10.6. The molecule has 3 rings (SSSR count). The van der Waals surface area contributed by atoms with Crippen molar-refractivity contribution in [1.82, 2.24) is 4.98 Å². The van der Waals surface area contributed by atoms with E-state index in [1.165, 1.54) is 36.4 Å². The molecule has 1 aromatic carbocycles. The van der Waals surface area contributed by atoms with Gasteiger partial charge in [-0.25, -0.2) is 8.78 Å². The number of pyridine rings is 1. The Hall–Kier alpha value is -2.27. The van der Waals surface area contributed by atoms with Crippen molar-refractivity contribution in [3.63, 3.8) is 0 Å². The van der Waals surface area contributed by atoms with Crippen LogP contribution in [0.2, 0.25) is 0 Å². The van der Waals surface area contributed by atoms with E-state index in [9.17, 15) is 13.9 Å². The van der Waals surface area contributed by atoms with Crippen molar-refractivity contribution >= 4 is 11.0 Å². The van der Waals surface area contributed by atoms with E-state index in [2.05, 4.69) is 4.98 Å². The average molecular weight is 261 g/mol. The number of hydrogen-bond donors (Lipinski definition) is 1. The molecule has 0 aliphatic rings. The molecule has 3 aromatic rings. The molecule has 0 bridgehead atoms. The summed E-state index contributed by atoms with van der Waals surface area (Å²) in [6.45, 7) is 0. The zero-order valence-corrected chi connectivity index (χ0v) is 9.68. The molecule has 19 heavy (non-hydrogen) atoms. The quantitative estimate of drug-likeness (QED) is 0.770. The number of furan rings is 1. The van der Waals surface area contributed by atoms with E-state index in [0.29, 0.717) is 11.0 Å². The lowest BCUT2D eigenvalue weighted by atomic mass is 10.1. The standard InChI is InChI=1S/C14H9F2NO2/c15-9-2-4-12-8(5-9)6-13(19-12)14(18)11-3-1-10(16)7-17-11/h1-7,14,18H. The Morgan fingerprint density at radius 3 is 2.58 bits per heavy atom. The minimum atomic E-state index is -1.11. The fourth-order valence-corrected chi connectivity index (χ4v) is 1.86. The first-order chi connectivity index (χ1) is 9.13. The summed E-state index contributed by atoms with van der Waals surface area (Å²) in [6, 6.07) is 8.18. The van der Waals surface area contributed by atoms with Crippen LogP contribution in [0.5, 0.6) is 0 Å². The molecule has 1 unspecified atom stereocenters. The van der Waals surface area contributed by atoms with Gasteiger partial charge in [0.1, 0.15) is 23.0 Å². The van der Waals surface area contributed by atoms with Gasteiger partial charge in [0.2, 0.25) is 0 Å². The molecule has 2 aromatic heterocycles. The van der Waals surface area contributed by atoms with Gasteiger partial charge in [-0.1, -0.05) is 0 Å². The largest absolute Gasteiger partial charge is 0.458 e. The predicted molar refractivity (Wildman–Crippen MR) is 64.4 cm³/mol. The lowest BCUT2D eigenvalue weighted by Crippen LogP contribution is -2.00. The second-order valence-electron chi connectivity index (χ2n) is 4.13. The highest BCUT2D eigenvalue weighted by molar-refractivity contribution is 5.78. The zero-order valence-electron chi connectivity index (χ0n) is 9.68. The van der Waals surface area contributed by atoms with E-state index < -0.39 is 11.9 Å². The Balaban J connectivity index is 2.01. The van der Waals surface area contributed by atoms with Crippen LogP contribution in [0.1, 0.15) is 17.6 Å². The third kappa shape index (κ3) is 2.20. The Morgan fingerprint density at radius 2 is 1.84 bits per heavy atom. The molecule has 0 aliphatic heterocycles. The number of fused-ring (bicyclic) bond motifs is 1. The van der Waals surface area contributed by atoms with Crippen molar-refractivity contribution in [2.75, 3.05) is 0 Å². The normalized spacial score (nSPS) is 12.8. The van der Waals surface area contributed by atoms with Crippen molar-refractivity contribution in [1.29, 1.82) is 0 Å². The Bertz CT molecular complexity index is 722. The molecule has 0 spiro atoms. The van der Waals surface area contributed by atoms with Gasteiger partial charge in [-0.2, -0.15) is 0 Å². The fraction of sp³-hybridized carbons (Fsp3) is 0.0714. The van der Waals surface area contributed by atoms with Crippen molar-refractivity contribution in [3.05, 3.63) is 65.7 Å². The molecule has 1 atom stereocenters. The summed E-state index contributed by atoms with van der Waals surface area (Å²) in [6.07, 6.45) is -0.100. The third-order valence-corrected chi connectivity index (χ3v) is 2.80. The Labute approximate surface area is 107 Å². The van der Waals surface area contributed by atoms with Gasteiger partial charge in [0, 0.05) is 5.39 Å². The summed E-state index contributed by atoms with van der Waals surface area (Å²) in [7, 11) is 0. The van der Waals surface area contributed by atoms with Crippen LogP contribution in [0.25, 0.3) is 11.0 Å². The van der Waals surface area contributed by atoms with Gasteiger partial charge in [0.25, 0.3) is 0 Å². The summed E-state index contributed by atoms with van der Waals surface area (Å²) in [5.74, 6) is -0.628. The molecule has 0 fully saturated rings. The van der Waals surface area contributed by atoms with Crippen LogP contribution in [0, 0.1) is 11.6 Å². The number of aromatic nitrogens is 1. The molecule has 1 N–H and O–H groups in total. The first-order valence-corrected chi connectivity index (χ1v) is 5.62. The van der Waals surface area contributed by atoms with Gasteiger partial charge in [0.05, 0.1) is 11.9 Å². The third-order valence-electron chi connectivity index (χ3n) is 2.80. The SMILES string of the molecule is OC(c1ccc(F)cn1)c1cc2cc(F)ccc2o1. The first kappa shape index (κ1) is 11.8. The van der Waals surface area contributed by atoms with Crippen LogP contribution in [-0.2, 0) is 0 Å². The highest BCUT2D eigenvalue weighted by Gasteiger charge is 2.17. The number of halogens is 2. The van der Waals surface area contributed by atoms with Crippen LogP contribution in [0.15, 0.2) is 47.0 Å². The fourth-order valence-electron chi connectivity index (χ4n) is 1.86. The van der Waals surface area contributed by atoms with Crippen molar-refractivity contribution in [2.45, 2.75) is 6.10 Å². The van der Waals surface area contributed by atoms with Crippen molar-refractivity contribution < 1.29 is 18.3 Å². The lowest BCUT2D eigenvalue weighted by molar-refractivity contribution is 0.187. The molecule has 2 heterocycles. The summed E-state index contributed by atoms with van der Waals surface area (Å²) in [4.78, 5) is 3.78. The maximum Gasteiger partial charge on any atom is 0.153 e. The number of nitrogens with zero attached hydrogens (tertiary/aromatic N) is 1. The second kappa shape index (κ2) is 4.44. The number of aliphatic hydroxyl groups excluding tert-OH is 1. The van der Waals surface area contributed by atoms with Gasteiger partial charge in [0.15, 0.2) is 6.10 Å². The van der Waals surface area contributed by atoms with Crippen molar-refractivity contribution in [2.24, 2.45) is 0 Å². The molecular weight excluding hydrogens is 252 g/mol. The highest BCUT2D eigenvalue weighted by Crippen LogP contribution is 2.27. The summed E-state index contributed by atoms with van der Waals surface area (Å²) in [5.41, 5.74) is 0.735. The maximum atomic E-state index is 13.1. The van der Waals surface area contributed by atoms with Gasteiger partial charge in [-0.3, -0.25) is 4.98 Å². The van der Waals surface area contributed by atoms with Gasteiger partial charge in [-0.05, 0) is 36.4 Å².